The van der Waals surface area contributed by atoms with E-state index in [9.17, 15) is 4.79 Å². The molecule has 3 heterocycles. The molecule has 1 amide bonds. The number of carbonyl (C=O) groups excluding carboxylic acids is 1. The fraction of sp³-hybridized carbons (Fsp3) is 0.417. The summed E-state index contributed by atoms with van der Waals surface area (Å²) in [6.07, 6.45) is 5.22. The molecule has 0 aromatic carbocycles. The van der Waals surface area contributed by atoms with Crippen molar-refractivity contribution in [1.82, 2.24) is 25.6 Å². The number of rotatable bonds is 3. The molecular weight excluding hydrogens is 274 g/mol. The highest BCUT2D eigenvalue weighted by Crippen LogP contribution is 2.16. The highest BCUT2D eigenvalue weighted by Gasteiger charge is 2.25. The van der Waals surface area contributed by atoms with Gasteiger partial charge in [0.1, 0.15) is 0 Å². The molecule has 1 fully saturated rings. The van der Waals surface area contributed by atoms with Gasteiger partial charge in [0.15, 0.2) is 0 Å². The Morgan fingerprint density at radius 3 is 2.90 bits per heavy atom. The summed E-state index contributed by atoms with van der Waals surface area (Å²) in [6.45, 7) is 1.50. The number of aromatic nitrogens is 4. The molecule has 1 atom stereocenters. The lowest BCUT2D eigenvalue weighted by Crippen LogP contribution is -2.48. The van der Waals surface area contributed by atoms with E-state index in [2.05, 4.69) is 30.2 Å². The standard InChI is InChI=1S/C12H15N7O2/c13-10-9(17-21-18-10)11(20)16-8-3-1-6-19(7-8)12-14-4-2-5-15-12/h2,4-5,8H,1,3,6-7H2,(H2,13,18)(H,16,20). The van der Waals surface area contributed by atoms with Crippen LogP contribution in [-0.2, 0) is 0 Å². The maximum absolute atomic E-state index is 12.0. The van der Waals surface area contributed by atoms with E-state index in [4.69, 9.17) is 5.73 Å². The first-order valence-electron chi connectivity index (χ1n) is 6.65. The highest BCUT2D eigenvalue weighted by atomic mass is 16.6. The van der Waals surface area contributed by atoms with Crippen LogP contribution in [0.25, 0.3) is 0 Å². The van der Waals surface area contributed by atoms with Crippen molar-refractivity contribution in [3.05, 3.63) is 24.2 Å². The summed E-state index contributed by atoms with van der Waals surface area (Å²) in [5, 5.41) is 9.77. The van der Waals surface area contributed by atoms with Crippen molar-refractivity contribution in [2.45, 2.75) is 18.9 Å². The zero-order chi connectivity index (χ0) is 14.7. The van der Waals surface area contributed by atoms with Crippen LogP contribution in [0.15, 0.2) is 23.1 Å². The summed E-state index contributed by atoms with van der Waals surface area (Å²) in [7, 11) is 0. The summed E-state index contributed by atoms with van der Waals surface area (Å²) < 4.78 is 4.43. The molecule has 1 aliphatic heterocycles. The molecule has 1 aliphatic rings. The summed E-state index contributed by atoms with van der Waals surface area (Å²) in [5.74, 6) is 0.278. The van der Waals surface area contributed by atoms with Crippen molar-refractivity contribution in [1.29, 1.82) is 0 Å². The van der Waals surface area contributed by atoms with Crippen LogP contribution in [0.3, 0.4) is 0 Å². The molecule has 0 radical (unpaired) electrons. The van der Waals surface area contributed by atoms with Crippen LogP contribution in [0, 0.1) is 0 Å². The van der Waals surface area contributed by atoms with E-state index in [1.807, 2.05) is 4.90 Å². The largest absolute Gasteiger partial charge is 0.379 e. The lowest BCUT2D eigenvalue weighted by Gasteiger charge is -2.32. The van der Waals surface area contributed by atoms with Gasteiger partial charge < -0.3 is 16.0 Å². The molecule has 9 heteroatoms. The minimum atomic E-state index is -0.380. The number of nitrogen functional groups attached to an aromatic ring is 1. The van der Waals surface area contributed by atoms with Gasteiger partial charge in [0.05, 0.1) is 0 Å². The average molecular weight is 289 g/mol. The van der Waals surface area contributed by atoms with Crippen LogP contribution < -0.4 is 16.0 Å². The van der Waals surface area contributed by atoms with E-state index in [1.54, 1.807) is 18.5 Å². The minimum Gasteiger partial charge on any atom is -0.379 e. The number of amides is 1. The van der Waals surface area contributed by atoms with Crippen molar-refractivity contribution in [2.24, 2.45) is 0 Å². The van der Waals surface area contributed by atoms with Crippen LogP contribution in [0.2, 0.25) is 0 Å². The number of nitrogens with two attached hydrogens (primary N) is 1. The van der Waals surface area contributed by atoms with Crippen molar-refractivity contribution < 1.29 is 9.42 Å². The van der Waals surface area contributed by atoms with Gasteiger partial charge in [-0.05, 0) is 29.2 Å². The Labute approximate surface area is 120 Å². The van der Waals surface area contributed by atoms with Crippen molar-refractivity contribution >= 4 is 17.7 Å². The molecule has 0 aliphatic carbocycles. The third-order valence-electron chi connectivity index (χ3n) is 3.32. The zero-order valence-electron chi connectivity index (χ0n) is 11.3. The lowest BCUT2D eigenvalue weighted by molar-refractivity contribution is 0.0923. The molecule has 0 saturated carbocycles. The Morgan fingerprint density at radius 1 is 1.38 bits per heavy atom. The second-order valence-corrected chi connectivity index (χ2v) is 4.81. The molecule has 110 valence electrons. The molecule has 9 nitrogen and oxygen atoms in total. The van der Waals surface area contributed by atoms with Crippen LogP contribution in [-0.4, -0.2) is 45.3 Å². The van der Waals surface area contributed by atoms with E-state index in [-0.39, 0.29) is 23.5 Å². The molecule has 3 N–H and O–H groups in total. The van der Waals surface area contributed by atoms with E-state index >= 15 is 0 Å². The van der Waals surface area contributed by atoms with Gasteiger partial charge in [0.2, 0.25) is 17.5 Å². The van der Waals surface area contributed by atoms with E-state index in [0.717, 1.165) is 19.4 Å². The zero-order valence-corrected chi connectivity index (χ0v) is 11.3. The van der Waals surface area contributed by atoms with Gasteiger partial charge in [-0.3, -0.25) is 4.79 Å². The fourth-order valence-corrected chi connectivity index (χ4v) is 2.34. The molecule has 0 bridgehead atoms. The number of piperidine rings is 1. The number of anilines is 2. The predicted molar refractivity (Wildman–Crippen MR) is 73.4 cm³/mol. The topological polar surface area (TPSA) is 123 Å². The molecular formula is C12H15N7O2. The molecule has 3 rings (SSSR count). The van der Waals surface area contributed by atoms with Gasteiger partial charge in [-0.15, -0.1) is 0 Å². The monoisotopic (exact) mass is 289 g/mol. The summed E-state index contributed by atoms with van der Waals surface area (Å²) >= 11 is 0. The summed E-state index contributed by atoms with van der Waals surface area (Å²) in [5.41, 5.74) is 5.52. The summed E-state index contributed by atoms with van der Waals surface area (Å²) in [6, 6.07) is 1.75. The van der Waals surface area contributed by atoms with E-state index < -0.39 is 0 Å². The van der Waals surface area contributed by atoms with Crippen LogP contribution in [0.1, 0.15) is 23.3 Å². The quantitative estimate of drug-likeness (QED) is 0.799. The van der Waals surface area contributed by atoms with Gasteiger partial charge in [-0.2, -0.15) is 0 Å². The predicted octanol–water partition coefficient (Wildman–Crippen LogP) is -0.159. The Morgan fingerprint density at radius 2 is 2.19 bits per heavy atom. The van der Waals surface area contributed by atoms with E-state index in [1.165, 1.54) is 0 Å². The maximum atomic E-state index is 12.0. The maximum Gasteiger partial charge on any atom is 0.277 e. The number of hydrogen-bond donors (Lipinski definition) is 2. The first-order valence-corrected chi connectivity index (χ1v) is 6.65. The molecule has 0 spiro atoms. The number of nitrogens with zero attached hydrogens (tertiary/aromatic N) is 5. The highest BCUT2D eigenvalue weighted by molar-refractivity contribution is 5.96. The van der Waals surface area contributed by atoms with Crippen molar-refractivity contribution in [2.75, 3.05) is 23.7 Å². The van der Waals surface area contributed by atoms with Gasteiger partial charge in [0.25, 0.3) is 5.91 Å². The third kappa shape index (κ3) is 2.91. The number of hydrogen-bond acceptors (Lipinski definition) is 8. The Hall–Kier alpha value is -2.71. The lowest BCUT2D eigenvalue weighted by atomic mass is 10.1. The third-order valence-corrected chi connectivity index (χ3v) is 3.32. The smallest absolute Gasteiger partial charge is 0.277 e. The second kappa shape index (κ2) is 5.73. The van der Waals surface area contributed by atoms with Gasteiger partial charge in [-0.1, -0.05) is 0 Å². The molecule has 2 aromatic rings. The molecule has 1 saturated heterocycles. The van der Waals surface area contributed by atoms with Crippen LogP contribution in [0.4, 0.5) is 11.8 Å². The fourth-order valence-electron chi connectivity index (χ4n) is 2.34. The van der Waals surface area contributed by atoms with Gasteiger partial charge in [-0.25, -0.2) is 14.6 Å². The Kier molecular flexibility index (Phi) is 3.63. The van der Waals surface area contributed by atoms with Gasteiger partial charge >= 0.3 is 0 Å². The SMILES string of the molecule is Nc1nonc1C(=O)NC1CCCN(c2ncccn2)C1. The van der Waals surface area contributed by atoms with Gasteiger partial charge in [0, 0.05) is 31.5 Å². The molecule has 21 heavy (non-hydrogen) atoms. The Balaban J connectivity index is 1.64. The van der Waals surface area contributed by atoms with Crippen LogP contribution >= 0.6 is 0 Å². The average Bonchev–Trinajstić information content (AvgIpc) is 2.95. The first kappa shape index (κ1) is 13.3. The molecule has 2 aromatic heterocycles. The Bertz CT molecular complexity index is 615. The normalized spacial score (nSPS) is 18.5. The minimum absolute atomic E-state index is 0.00782. The second-order valence-electron chi connectivity index (χ2n) is 4.81. The van der Waals surface area contributed by atoms with Crippen LogP contribution in [0.5, 0.6) is 0 Å². The number of carbonyl (C=O) groups is 1. The number of nitrogens with one attached hydrogen (secondary N) is 1. The van der Waals surface area contributed by atoms with Crippen molar-refractivity contribution in [3.63, 3.8) is 0 Å². The first-order chi connectivity index (χ1) is 10.2. The van der Waals surface area contributed by atoms with Crippen molar-refractivity contribution in [3.8, 4) is 0 Å². The van der Waals surface area contributed by atoms with E-state index in [0.29, 0.717) is 12.5 Å². The molecule has 1 unspecified atom stereocenters. The summed E-state index contributed by atoms with van der Waals surface area (Å²) in [4.78, 5) is 22.5.